The average Bonchev–Trinajstić information content (AvgIpc) is 3.56. The van der Waals surface area contributed by atoms with Gasteiger partial charge in [0.15, 0.2) is 0 Å². The number of rotatable bonds is 7. The SMILES string of the molecule is O=C(NCc1ccc2c(c1)CCO2)c1cc(C(=O)NCc2ccc(-c3ccccn3)s2)ncn1. The van der Waals surface area contributed by atoms with Crippen LogP contribution in [-0.2, 0) is 19.5 Å². The third kappa shape index (κ3) is 4.94. The van der Waals surface area contributed by atoms with Gasteiger partial charge in [-0.05, 0) is 41.5 Å². The number of nitrogens with zero attached hydrogens (tertiary/aromatic N) is 3. The third-order valence-corrected chi connectivity index (χ3v) is 6.45. The van der Waals surface area contributed by atoms with E-state index in [0.717, 1.165) is 38.7 Å². The molecular formula is C25H21N5O3S. The van der Waals surface area contributed by atoms with Crippen molar-refractivity contribution < 1.29 is 14.3 Å². The van der Waals surface area contributed by atoms with Crippen LogP contribution in [0.4, 0.5) is 0 Å². The van der Waals surface area contributed by atoms with Gasteiger partial charge in [-0.2, -0.15) is 0 Å². The number of benzene rings is 1. The zero-order valence-electron chi connectivity index (χ0n) is 18.2. The summed E-state index contributed by atoms with van der Waals surface area (Å²) in [7, 11) is 0. The lowest BCUT2D eigenvalue weighted by Crippen LogP contribution is -2.27. The highest BCUT2D eigenvalue weighted by molar-refractivity contribution is 7.15. The standard InChI is InChI=1S/C25H21N5O3S/c31-24(27-13-16-4-6-22-17(11-16)8-10-33-22)20-12-21(30-15-29-20)25(32)28-14-18-5-7-23(34-18)19-3-1-2-9-26-19/h1-7,9,11-12,15H,8,10,13-14H2,(H,27,31)(H,28,32). The molecule has 0 fully saturated rings. The Labute approximate surface area is 200 Å². The summed E-state index contributed by atoms with van der Waals surface area (Å²) in [5.41, 5.74) is 3.29. The number of carbonyl (C=O) groups is 2. The van der Waals surface area contributed by atoms with Crippen LogP contribution < -0.4 is 15.4 Å². The molecule has 170 valence electrons. The predicted molar refractivity (Wildman–Crippen MR) is 128 cm³/mol. The number of hydrogen-bond acceptors (Lipinski definition) is 7. The summed E-state index contributed by atoms with van der Waals surface area (Å²) in [6, 6.07) is 17.0. The van der Waals surface area contributed by atoms with Crippen molar-refractivity contribution in [3.05, 3.63) is 94.5 Å². The number of ether oxygens (including phenoxy) is 1. The molecule has 34 heavy (non-hydrogen) atoms. The van der Waals surface area contributed by atoms with Gasteiger partial charge in [-0.1, -0.05) is 18.2 Å². The fraction of sp³-hybridized carbons (Fsp3) is 0.160. The van der Waals surface area contributed by atoms with Crippen molar-refractivity contribution >= 4 is 23.2 Å². The summed E-state index contributed by atoms with van der Waals surface area (Å²) in [6.07, 6.45) is 3.85. The first-order chi connectivity index (χ1) is 16.7. The number of nitrogens with one attached hydrogen (secondary N) is 2. The molecule has 4 aromatic rings. The summed E-state index contributed by atoms with van der Waals surface area (Å²) in [5.74, 6) is 0.159. The molecule has 1 aliphatic heterocycles. The van der Waals surface area contributed by atoms with Gasteiger partial charge in [0.2, 0.25) is 0 Å². The molecule has 4 heterocycles. The monoisotopic (exact) mass is 471 g/mol. The van der Waals surface area contributed by atoms with Crippen LogP contribution >= 0.6 is 11.3 Å². The molecule has 0 atom stereocenters. The predicted octanol–water partition coefficient (Wildman–Crippen LogP) is 3.40. The van der Waals surface area contributed by atoms with E-state index in [9.17, 15) is 9.59 Å². The van der Waals surface area contributed by atoms with Gasteiger partial charge >= 0.3 is 0 Å². The van der Waals surface area contributed by atoms with E-state index in [2.05, 4.69) is 25.6 Å². The van der Waals surface area contributed by atoms with E-state index in [-0.39, 0.29) is 23.2 Å². The first-order valence-corrected chi connectivity index (χ1v) is 11.6. The van der Waals surface area contributed by atoms with Gasteiger partial charge < -0.3 is 15.4 Å². The fourth-order valence-electron chi connectivity index (χ4n) is 3.61. The van der Waals surface area contributed by atoms with E-state index in [1.54, 1.807) is 17.5 Å². The smallest absolute Gasteiger partial charge is 0.270 e. The van der Waals surface area contributed by atoms with Crippen LogP contribution in [0.1, 0.15) is 37.0 Å². The van der Waals surface area contributed by atoms with Crippen LogP contribution in [-0.4, -0.2) is 33.4 Å². The first kappa shape index (κ1) is 21.7. The van der Waals surface area contributed by atoms with E-state index in [4.69, 9.17) is 4.74 Å². The minimum Gasteiger partial charge on any atom is -0.493 e. The van der Waals surface area contributed by atoms with Crippen LogP contribution in [0.5, 0.6) is 5.75 Å². The second kappa shape index (κ2) is 9.80. The molecule has 0 spiro atoms. The Hall–Kier alpha value is -4.11. The molecule has 5 rings (SSSR count). The Kier molecular flexibility index (Phi) is 6.26. The van der Waals surface area contributed by atoms with Gasteiger partial charge in [-0.25, -0.2) is 9.97 Å². The van der Waals surface area contributed by atoms with Crippen LogP contribution in [0.25, 0.3) is 10.6 Å². The van der Waals surface area contributed by atoms with Crippen molar-refractivity contribution in [2.75, 3.05) is 6.61 Å². The molecule has 0 radical (unpaired) electrons. The second-order valence-corrected chi connectivity index (χ2v) is 8.84. The highest BCUT2D eigenvalue weighted by Crippen LogP contribution is 2.27. The summed E-state index contributed by atoms with van der Waals surface area (Å²) in [5, 5.41) is 5.69. The van der Waals surface area contributed by atoms with E-state index >= 15 is 0 Å². The van der Waals surface area contributed by atoms with Gasteiger partial charge in [0.05, 0.1) is 23.7 Å². The van der Waals surface area contributed by atoms with Crippen molar-refractivity contribution in [2.45, 2.75) is 19.5 Å². The summed E-state index contributed by atoms with van der Waals surface area (Å²) in [6.45, 7) is 1.40. The Morgan fingerprint density at radius 3 is 2.53 bits per heavy atom. The van der Waals surface area contributed by atoms with Crippen molar-refractivity contribution in [1.82, 2.24) is 25.6 Å². The molecule has 1 aromatic carbocycles. The zero-order valence-corrected chi connectivity index (χ0v) is 19.0. The topological polar surface area (TPSA) is 106 Å². The van der Waals surface area contributed by atoms with Crippen molar-refractivity contribution in [1.29, 1.82) is 0 Å². The number of thiophene rings is 1. The van der Waals surface area contributed by atoms with Crippen LogP contribution in [0.3, 0.4) is 0 Å². The molecule has 1 aliphatic rings. The van der Waals surface area contributed by atoms with E-state index in [1.165, 1.54) is 12.4 Å². The third-order valence-electron chi connectivity index (χ3n) is 5.34. The number of amides is 2. The van der Waals surface area contributed by atoms with Gasteiger partial charge in [0, 0.05) is 30.1 Å². The van der Waals surface area contributed by atoms with Gasteiger partial charge in [0.25, 0.3) is 11.8 Å². The van der Waals surface area contributed by atoms with Crippen LogP contribution in [0.15, 0.2) is 67.1 Å². The van der Waals surface area contributed by atoms with Gasteiger partial charge in [0.1, 0.15) is 23.5 Å². The second-order valence-electron chi connectivity index (χ2n) is 7.68. The van der Waals surface area contributed by atoms with Crippen molar-refractivity contribution in [3.63, 3.8) is 0 Å². The molecule has 0 saturated heterocycles. The lowest BCUT2D eigenvalue weighted by molar-refractivity contribution is 0.0944. The number of fused-ring (bicyclic) bond motifs is 1. The molecule has 3 aromatic heterocycles. The van der Waals surface area contributed by atoms with E-state index in [0.29, 0.717) is 19.7 Å². The van der Waals surface area contributed by atoms with Crippen LogP contribution in [0.2, 0.25) is 0 Å². The van der Waals surface area contributed by atoms with E-state index < -0.39 is 0 Å². The maximum Gasteiger partial charge on any atom is 0.270 e. The molecule has 2 N–H and O–H groups in total. The summed E-state index contributed by atoms with van der Waals surface area (Å²) >= 11 is 1.56. The lowest BCUT2D eigenvalue weighted by Gasteiger charge is -2.08. The molecule has 0 aliphatic carbocycles. The minimum atomic E-state index is -0.372. The summed E-state index contributed by atoms with van der Waals surface area (Å²) in [4.78, 5) is 39.6. The zero-order chi connectivity index (χ0) is 23.3. The summed E-state index contributed by atoms with van der Waals surface area (Å²) < 4.78 is 5.51. The molecule has 0 saturated carbocycles. The van der Waals surface area contributed by atoms with Gasteiger partial charge in [-0.15, -0.1) is 11.3 Å². The van der Waals surface area contributed by atoms with Crippen LogP contribution in [0, 0.1) is 0 Å². The highest BCUT2D eigenvalue weighted by atomic mass is 32.1. The van der Waals surface area contributed by atoms with E-state index in [1.807, 2.05) is 48.5 Å². The Morgan fingerprint density at radius 2 is 1.74 bits per heavy atom. The molecular weight excluding hydrogens is 450 g/mol. The van der Waals surface area contributed by atoms with Crippen molar-refractivity contribution in [2.24, 2.45) is 0 Å². The number of aromatic nitrogens is 3. The lowest BCUT2D eigenvalue weighted by atomic mass is 10.1. The Bertz CT molecular complexity index is 1340. The maximum absolute atomic E-state index is 12.6. The minimum absolute atomic E-state index is 0.135. The van der Waals surface area contributed by atoms with Gasteiger partial charge in [-0.3, -0.25) is 14.6 Å². The number of carbonyl (C=O) groups excluding carboxylic acids is 2. The Morgan fingerprint density at radius 1 is 0.912 bits per heavy atom. The van der Waals surface area contributed by atoms with Crippen molar-refractivity contribution in [3.8, 4) is 16.3 Å². The first-order valence-electron chi connectivity index (χ1n) is 10.8. The Balaban J connectivity index is 1.17. The molecule has 8 nitrogen and oxygen atoms in total. The molecule has 2 amide bonds. The molecule has 0 unspecified atom stereocenters. The quantitative estimate of drug-likeness (QED) is 0.428. The molecule has 9 heteroatoms. The molecule has 0 bridgehead atoms. The fourth-order valence-corrected chi connectivity index (χ4v) is 4.53. The normalized spacial score (nSPS) is 12.0. The average molecular weight is 472 g/mol. The highest BCUT2D eigenvalue weighted by Gasteiger charge is 2.15. The maximum atomic E-state index is 12.6. The number of pyridine rings is 1. The number of hydrogen-bond donors (Lipinski definition) is 2. The largest absolute Gasteiger partial charge is 0.493 e.